The summed E-state index contributed by atoms with van der Waals surface area (Å²) in [6, 6.07) is 0. The van der Waals surface area contributed by atoms with Crippen LogP contribution in [0.15, 0.2) is 12.7 Å². The quantitative estimate of drug-likeness (QED) is 0.638. The van der Waals surface area contributed by atoms with Gasteiger partial charge in [-0.15, -0.1) is 0 Å². The Morgan fingerprint density at radius 3 is 3.00 bits per heavy atom. The normalized spacial score (nSPS) is 25.6. The highest BCUT2D eigenvalue weighted by Gasteiger charge is 2.37. The summed E-state index contributed by atoms with van der Waals surface area (Å²) in [6.07, 6.45) is 1.27. The maximum absolute atomic E-state index is 10.3. The number of rotatable bonds is 6. The van der Waals surface area contributed by atoms with Crippen molar-refractivity contribution < 1.29 is 23.8 Å². The van der Waals surface area contributed by atoms with Crippen LogP contribution in [0.1, 0.15) is 26.5 Å². The van der Waals surface area contributed by atoms with E-state index < -0.39 is 20.9 Å². The van der Waals surface area contributed by atoms with Gasteiger partial charge in [0.1, 0.15) is 17.9 Å². The third-order valence-corrected chi connectivity index (χ3v) is 4.47. The Kier molecular flexibility index (Phi) is 5.24. The van der Waals surface area contributed by atoms with Gasteiger partial charge in [-0.3, -0.25) is 4.57 Å². The zero-order valence-corrected chi connectivity index (χ0v) is 14.2. The van der Waals surface area contributed by atoms with E-state index in [0.29, 0.717) is 17.6 Å². The molecule has 4 N–H and O–H groups in total. The molecule has 1 saturated heterocycles. The number of nitrogens with zero attached hydrogens (tertiary/aromatic N) is 4. The maximum Gasteiger partial charge on any atom is 0.330 e. The number of hydrogen-bond acceptors (Lipinski definition) is 9. The first-order valence-corrected chi connectivity index (χ1v) is 8.64. The van der Waals surface area contributed by atoms with Crippen LogP contribution in [0.25, 0.3) is 11.2 Å². The van der Waals surface area contributed by atoms with Crippen molar-refractivity contribution in [3.8, 4) is 0 Å². The Hall–Kier alpha value is -1.42. The number of hydrogen-bond donors (Lipinski definition) is 3. The highest BCUT2D eigenvalue weighted by Crippen LogP contribution is 2.37. The molecule has 1 aliphatic rings. The number of aliphatic hydroxyl groups is 1. The van der Waals surface area contributed by atoms with Gasteiger partial charge in [0.15, 0.2) is 17.7 Å². The molecule has 1 aliphatic heterocycles. The van der Waals surface area contributed by atoms with Gasteiger partial charge in [-0.05, 0) is 13.8 Å². The second-order valence-electron chi connectivity index (χ2n) is 5.72. The summed E-state index contributed by atoms with van der Waals surface area (Å²) in [5.74, 6) is 0.267. The highest BCUT2D eigenvalue weighted by atomic mass is 31.2. The van der Waals surface area contributed by atoms with Crippen LogP contribution >= 0.6 is 8.60 Å². The molecule has 24 heavy (non-hydrogen) atoms. The molecule has 3 heterocycles. The van der Waals surface area contributed by atoms with E-state index in [-0.39, 0.29) is 24.6 Å². The highest BCUT2D eigenvalue weighted by molar-refractivity contribution is 7.40. The molecule has 10 nitrogen and oxygen atoms in total. The largest absolute Gasteiger partial charge is 0.388 e. The van der Waals surface area contributed by atoms with Gasteiger partial charge in [-0.25, -0.2) is 15.0 Å². The van der Waals surface area contributed by atoms with Crippen molar-refractivity contribution in [2.24, 2.45) is 0 Å². The lowest BCUT2D eigenvalue weighted by atomic mass is 10.2. The number of nitrogen functional groups attached to an aromatic ring is 1. The Labute approximate surface area is 139 Å². The first kappa shape index (κ1) is 17.4. The Bertz CT molecular complexity index is 698. The van der Waals surface area contributed by atoms with Gasteiger partial charge in [0.25, 0.3) is 0 Å². The van der Waals surface area contributed by atoms with Crippen molar-refractivity contribution in [3.05, 3.63) is 12.7 Å². The van der Waals surface area contributed by atoms with Crippen molar-refractivity contribution in [1.82, 2.24) is 19.5 Å². The second kappa shape index (κ2) is 7.22. The molecule has 0 radical (unpaired) electrons. The van der Waals surface area contributed by atoms with E-state index in [1.54, 1.807) is 18.4 Å². The Morgan fingerprint density at radius 2 is 2.25 bits per heavy atom. The van der Waals surface area contributed by atoms with E-state index in [1.165, 1.54) is 12.7 Å². The SMILES string of the molecule is CC(C)OP(O)OCC1CC(O)C(n2cnc3c(N)ncnc32)O1. The van der Waals surface area contributed by atoms with E-state index in [2.05, 4.69) is 15.0 Å². The van der Waals surface area contributed by atoms with Crippen LogP contribution < -0.4 is 5.73 Å². The molecule has 3 rings (SSSR count). The van der Waals surface area contributed by atoms with E-state index >= 15 is 0 Å². The summed E-state index contributed by atoms with van der Waals surface area (Å²) in [5.41, 5.74) is 6.70. The predicted octanol–water partition coefficient (Wildman–Crippen LogP) is 0.718. The summed E-state index contributed by atoms with van der Waals surface area (Å²) in [4.78, 5) is 21.8. The molecule has 4 atom stereocenters. The van der Waals surface area contributed by atoms with Crippen LogP contribution in [0, 0.1) is 0 Å². The lowest BCUT2D eigenvalue weighted by Gasteiger charge is -2.18. The average Bonchev–Trinajstić information content (AvgIpc) is 3.08. The zero-order valence-electron chi connectivity index (χ0n) is 13.3. The lowest BCUT2D eigenvalue weighted by molar-refractivity contribution is -0.0475. The summed E-state index contributed by atoms with van der Waals surface area (Å²) in [6.45, 7) is 3.73. The summed E-state index contributed by atoms with van der Waals surface area (Å²) < 4.78 is 17.8. The van der Waals surface area contributed by atoms with Gasteiger partial charge in [-0.2, -0.15) is 0 Å². The van der Waals surface area contributed by atoms with Crippen LogP contribution in [0.4, 0.5) is 5.82 Å². The number of aliphatic hydroxyl groups excluding tert-OH is 1. The van der Waals surface area contributed by atoms with Gasteiger partial charge in [0, 0.05) is 6.42 Å². The number of nitrogens with two attached hydrogens (primary N) is 1. The molecule has 0 aromatic carbocycles. The maximum atomic E-state index is 10.3. The minimum absolute atomic E-state index is 0.117. The van der Waals surface area contributed by atoms with Gasteiger partial charge in [0.05, 0.1) is 25.1 Å². The average molecular weight is 357 g/mol. The van der Waals surface area contributed by atoms with Crippen LogP contribution in [0.5, 0.6) is 0 Å². The Balaban J connectivity index is 1.66. The fourth-order valence-electron chi connectivity index (χ4n) is 2.50. The number of anilines is 1. The molecule has 0 spiro atoms. The molecule has 2 aromatic heterocycles. The van der Waals surface area contributed by atoms with Gasteiger partial charge >= 0.3 is 8.60 Å². The molecule has 0 saturated carbocycles. The van der Waals surface area contributed by atoms with Gasteiger partial charge in [0.2, 0.25) is 0 Å². The minimum Gasteiger partial charge on any atom is -0.388 e. The molecule has 4 unspecified atom stereocenters. The molecular formula is C13H20N5O5P. The summed E-state index contributed by atoms with van der Waals surface area (Å²) in [7, 11) is -1.96. The molecule has 11 heteroatoms. The molecule has 132 valence electrons. The fourth-order valence-corrected chi connectivity index (χ4v) is 3.22. The third kappa shape index (κ3) is 3.64. The standard InChI is InChI=1S/C13H20N5O5P/c1-7(2)23-24(20)21-4-8-3-9(19)13(22-8)18-6-17-10-11(14)15-5-16-12(10)18/h5-9,13,19-20H,3-4H2,1-2H3,(H2,14,15,16). The van der Waals surface area contributed by atoms with Crippen molar-refractivity contribution in [1.29, 1.82) is 0 Å². The van der Waals surface area contributed by atoms with E-state index in [1.807, 2.05) is 0 Å². The predicted molar refractivity (Wildman–Crippen MR) is 85.6 cm³/mol. The van der Waals surface area contributed by atoms with Crippen LogP contribution in [-0.2, 0) is 13.8 Å². The number of fused-ring (bicyclic) bond motifs is 1. The monoisotopic (exact) mass is 357 g/mol. The van der Waals surface area contributed by atoms with Gasteiger partial charge < -0.3 is 29.5 Å². The van der Waals surface area contributed by atoms with Crippen molar-refractivity contribution >= 4 is 25.6 Å². The smallest absolute Gasteiger partial charge is 0.330 e. The number of aromatic nitrogens is 4. The third-order valence-electron chi connectivity index (χ3n) is 3.50. The van der Waals surface area contributed by atoms with Crippen molar-refractivity contribution in [3.63, 3.8) is 0 Å². The molecule has 0 aliphatic carbocycles. The minimum atomic E-state index is -1.96. The van der Waals surface area contributed by atoms with E-state index in [4.69, 9.17) is 19.5 Å². The first-order chi connectivity index (χ1) is 11.5. The lowest BCUT2D eigenvalue weighted by Crippen LogP contribution is -2.19. The molecular weight excluding hydrogens is 337 g/mol. The summed E-state index contributed by atoms with van der Waals surface area (Å²) >= 11 is 0. The number of imidazole rings is 1. The molecule has 0 amide bonds. The number of ether oxygens (including phenoxy) is 1. The first-order valence-electron chi connectivity index (χ1n) is 7.51. The van der Waals surface area contributed by atoms with Crippen LogP contribution in [0.2, 0.25) is 0 Å². The van der Waals surface area contributed by atoms with Gasteiger partial charge in [-0.1, -0.05) is 0 Å². The molecule has 2 aromatic rings. The van der Waals surface area contributed by atoms with Crippen molar-refractivity contribution in [2.45, 2.75) is 44.8 Å². The van der Waals surface area contributed by atoms with Crippen LogP contribution in [-0.4, -0.2) is 54.4 Å². The van der Waals surface area contributed by atoms with Crippen molar-refractivity contribution in [2.75, 3.05) is 12.3 Å². The van der Waals surface area contributed by atoms with E-state index in [0.717, 1.165) is 0 Å². The van der Waals surface area contributed by atoms with E-state index in [9.17, 15) is 10.00 Å². The topological polar surface area (TPSA) is 138 Å². The zero-order chi connectivity index (χ0) is 17.3. The summed E-state index contributed by atoms with van der Waals surface area (Å²) in [5, 5.41) is 10.3. The Morgan fingerprint density at radius 1 is 1.46 bits per heavy atom. The fraction of sp³-hybridized carbons (Fsp3) is 0.615. The second-order valence-corrected chi connectivity index (χ2v) is 6.67. The molecule has 1 fully saturated rings. The molecule has 0 bridgehead atoms. The van der Waals surface area contributed by atoms with Crippen LogP contribution in [0.3, 0.4) is 0 Å².